The number of rotatable bonds is 7. The van der Waals surface area contributed by atoms with Gasteiger partial charge >= 0.3 is 6.09 Å². The van der Waals surface area contributed by atoms with Crippen LogP contribution in [0.15, 0.2) is 0 Å². The molecule has 0 aromatic carbocycles. The molecule has 0 radical (unpaired) electrons. The molecule has 0 unspecified atom stereocenters. The van der Waals surface area contributed by atoms with E-state index in [1.165, 1.54) is 0 Å². The Morgan fingerprint density at radius 2 is 1.71 bits per heavy atom. The maximum atomic E-state index is 11.8. The van der Waals surface area contributed by atoms with Crippen LogP contribution >= 0.6 is 0 Å². The van der Waals surface area contributed by atoms with Crippen LogP contribution in [0.3, 0.4) is 0 Å². The van der Waals surface area contributed by atoms with Gasteiger partial charge < -0.3 is 14.8 Å². The van der Waals surface area contributed by atoms with Crippen molar-refractivity contribution < 1.29 is 26.9 Å². The van der Waals surface area contributed by atoms with Crippen molar-refractivity contribution in [1.82, 2.24) is 5.32 Å². The van der Waals surface area contributed by atoms with Crippen LogP contribution in [-0.2, 0) is 23.8 Å². The number of ether oxygens (including phenoxy) is 2. The number of nitrogens with one attached hydrogen (secondary N) is 1. The molecule has 0 fully saturated rings. The standard InChI is InChI=1S/C13H27NO6S/c1-12(2,3)20-11(15)14-10(8-13(4,5)18-6)9-19-21(7,16)17/h10H,8-9H2,1-7H3,(H,14,15)/t10-/m1/s1. The van der Waals surface area contributed by atoms with E-state index in [0.29, 0.717) is 6.42 Å². The lowest BCUT2D eigenvalue weighted by Gasteiger charge is -2.29. The Morgan fingerprint density at radius 1 is 1.19 bits per heavy atom. The largest absolute Gasteiger partial charge is 0.444 e. The van der Waals surface area contributed by atoms with Gasteiger partial charge in [0.05, 0.1) is 24.5 Å². The van der Waals surface area contributed by atoms with Crippen LogP contribution in [0.5, 0.6) is 0 Å². The van der Waals surface area contributed by atoms with E-state index in [0.717, 1.165) is 6.26 Å². The van der Waals surface area contributed by atoms with Crippen molar-refractivity contribution in [1.29, 1.82) is 0 Å². The second-order valence-electron chi connectivity index (χ2n) is 6.50. The number of alkyl carbamates (subject to hydrolysis) is 1. The van der Waals surface area contributed by atoms with Gasteiger partial charge in [0.2, 0.25) is 0 Å². The Morgan fingerprint density at radius 3 is 2.10 bits per heavy atom. The van der Waals surface area contributed by atoms with Gasteiger partial charge in [0.1, 0.15) is 5.60 Å². The first kappa shape index (κ1) is 20.1. The van der Waals surface area contributed by atoms with E-state index in [1.54, 1.807) is 27.9 Å². The minimum atomic E-state index is -3.59. The minimum absolute atomic E-state index is 0.176. The predicted octanol–water partition coefficient (Wildman–Crippen LogP) is 1.67. The van der Waals surface area contributed by atoms with E-state index in [1.807, 2.05) is 13.8 Å². The van der Waals surface area contributed by atoms with Gasteiger partial charge in [0, 0.05) is 7.11 Å². The highest BCUT2D eigenvalue weighted by Crippen LogP contribution is 2.17. The molecule has 0 rings (SSSR count). The van der Waals surface area contributed by atoms with Crippen molar-refractivity contribution in [3.63, 3.8) is 0 Å². The van der Waals surface area contributed by atoms with E-state index in [9.17, 15) is 13.2 Å². The Labute approximate surface area is 127 Å². The van der Waals surface area contributed by atoms with Gasteiger partial charge in [-0.25, -0.2) is 4.79 Å². The zero-order chi connectivity index (χ0) is 16.9. The first-order chi connectivity index (χ1) is 9.24. The average Bonchev–Trinajstić information content (AvgIpc) is 2.21. The molecule has 0 aliphatic rings. The molecule has 0 bridgehead atoms. The number of carbonyl (C=O) groups excluding carboxylic acids is 1. The molecule has 0 aromatic heterocycles. The predicted molar refractivity (Wildman–Crippen MR) is 79.7 cm³/mol. The highest BCUT2D eigenvalue weighted by atomic mass is 32.2. The van der Waals surface area contributed by atoms with Crippen LogP contribution in [0.2, 0.25) is 0 Å². The number of hydrogen-bond donors (Lipinski definition) is 1. The molecule has 0 saturated carbocycles. The van der Waals surface area contributed by atoms with Crippen molar-refractivity contribution in [3.05, 3.63) is 0 Å². The summed E-state index contributed by atoms with van der Waals surface area (Å²) in [5, 5.41) is 2.61. The molecular weight excluding hydrogens is 298 g/mol. The average molecular weight is 325 g/mol. The summed E-state index contributed by atoms with van der Waals surface area (Å²) in [5.41, 5.74) is -1.18. The molecule has 0 aliphatic carbocycles. The van der Waals surface area contributed by atoms with Gasteiger partial charge in [-0.2, -0.15) is 8.42 Å². The fourth-order valence-corrected chi connectivity index (χ4v) is 1.92. The van der Waals surface area contributed by atoms with Crippen molar-refractivity contribution in [2.75, 3.05) is 20.0 Å². The molecule has 0 aliphatic heterocycles. The minimum Gasteiger partial charge on any atom is -0.444 e. The molecule has 0 saturated heterocycles. The SMILES string of the molecule is COC(C)(C)C[C@H](COS(C)(=O)=O)NC(=O)OC(C)(C)C. The number of hydrogen-bond acceptors (Lipinski definition) is 6. The number of methoxy groups -OCH3 is 1. The van der Waals surface area contributed by atoms with Crippen LogP contribution in [0.1, 0.15) is 41.0 Å². The third-order valence-electron chi connectivity index (χ3n) is 2.49. The topological polar surface area (TPSA) is 90.9 Å². The van der Waals surface area contributed by atoms with Gasteiger partial charge in [-0.3, -0.25) is 4.18 Å². The molecule has 8 heteroatoms. The molecule has 1 atom stereocenters. The second-order valence-corrected chi connectivity index (χ2v) is 8.14. The normalized spacial score (nSPS) is 14.6. The van der Waals surface area contributed by atoms with Gasteiger partial charge in [-0.05, 0) is 41.0 Å². The molecule has 0 heterocycles. The Balaban J connectivity index is 4.76. The van der Waals surface area contributed by atoms with E-state index in [4.69, 9.17) is 13.7 Å². The molecule has 0 aromatic rings. The second kappa shape index (κ2) is 7.42. The molecule has 126 valence electrons. The van der Waals surface area contributed by atoms with E-state index in [2.05, 4.69) is 5.32 Å². The zero-order valence-electron chi connectivity index (χ0n) is 13.8. The fraction of sp³-hybridized carbons (Fsp3) is 0.923. The zero-order valence-corrected chi connectivity index (χ0v) is 14.7. The van der Waals surface area contributed by atoms with Crippen LogP contribution in [0, 0.1) is 0 Å². The van der Waals surface area contributed by atoms with Gasteiger partial charge in [-0.1, -0.05) is 0 Å². The van der Waals surface area contributed by atoms with Gasteiger partial charge in [-0.15, -0.1) is 0 Å². The summed E-state index contributed by atoms with van der Waals surface area (Å²) < 4.78 is 37.4. The summed E-state index contributed by atoms with van der Waals surface area (Å²) in [6, 6.07) is -0.551. The smallest absolute Gasteiger partial charge is 0.407 e. The lowest BCUT2D eigenvalue weighted by molar-refractivity contribution is 0.000154. The van der Waals surface area contributed by atoms with Crippen molar-refractivity contribution in [2.45, 2.75) is 58.3 Å². The lowest BCUT2D eigenvalue weighted by atomic mass is 9.99. The van der Waals surface area contributed by atoms with Gasteiger partial charge in [0.15, 0.2) is 0 Å². The van der Waals surface area contributed by atoms with E-state index in [-0.39, 0.29) is 6.61 Å². The highest BCUT2D eigenvalue weighted by Gasteiger charge is 2.27. The van der Waals surface area contributed by atoms with Crippen molar-refractivity contribution in [2.24, 2.45) is 0 Å². The van der Waals surface area contributed by atoms with Crippen molar-refractivity contribution in [3.8, 4) is 0 Å². The molecule has 1 N–H and O–H groups in total. The molecule has 7 nitrogen and oxygen atoms in total. The highest BCUT2D eigenvalue weighted by molar-refractivity contribution is 7.85. The third-order valence-corrected chi connectivity index (χ3v) is 3.06. The maximum Gasteiger partial charge on any atom is 0.407 e. The van der Waals surface area contributed by atoms with Crippen LogP contribution < -0.4 is 5.32 Å². The summed E-state index contributed by atoms with van der Waals surface area (Å²) in [5.74, 6) is 0. The first-order valence-electron chi connectivity index (χ1n) is 6.63. The molecule has 1 amide bonds. The summed E-state index contributed by atoms with van der Waals surface area (Å²) in [6.07, 6.45) is 0.702. The molecule has 21 heavy (non-hydrogen) atoms. The summed E-state index contributed by atoms with van der Waals surface area (Å²) >= 11 is 0. The summed E-state index contributed by atoms with van der Waals surface area (Å²) in [4.78, 5) is 11.8. The number of carbonyl (C=O) groups is 1. The molecule has 0 spiro atoms. The first-order valence-corrected chi connectivity index (χ1v) is 8.45. The van der Waals surface area contributed by atoms with Crippen molar-refractivity contribution >= 4 is 16.2 Å². The van der Waals surface area contributed by atoms with Crippen LogP contribution in [0.25, 0.3) is 0 Å². The van der Waals surface area contributed by atoms with Crippen LogP contribution in [-0.4, -0.2) is 51.7 Å². The third kappa shape index (κ3) is 11.5. The fourth-order valence-electron chi connectivity index (χ4n) is 1.51. The molecular formula is C13H27NO6S. The van der Waals surface area contributed by atoms with Crippen LogP contribution in [0.4, 0.5) is 4.79 Å². The monoisotopic (exact) mass is 325 g/mol. The lowest BCUT2D eigenvalue weighted by Crippen LogP contribution is -2.45. The Kier molecular flexibility index (Phi) is 7.11. The summed E-state index contributed by atoms with van der Waals surface area (Å²) in [7, 11) is -2.04. The quantitative estimate of drug-likeness (QED) is 0.716. The van der Waals surface area contributed by atoms with E-state index < -0.39 is 33.5 Å². The van der Waals surface area contributed by atoms with E-state index >= 15 is 0 Å². The Hall–Kier alpha value is -0.860. The Bertz CT molecular complexity index is 438. The van der Waals surface area contributed by atoms with Gasteiger partial charge in [0.25, 0.3) is 10.1 Å². The maximum absolute atomic E-state index is 11.8. The number of amides is 1. The summed E-state index contributed by atoms with van der Waals surface area (Å²) in [6.45, 7) is 8.72.